The van der Waals surface area contributed by atoms with Crippen LogP contribution in [0.2, 0.25) is 0 Å². The Kier molecular flexibility index (Phi) is 7.72. The number of ether oxygens (including phenoxy) is 1. The molecule has 0 aromatic heterocycles. The Morgan fingerprint density at radius 1 is 1.37 bits per heavy atom. The summed E-state index contributed by atoms with van der Waals surface area (Å²) in [6.07, 6.45) is 0.757. The molecule has 0 aliphatic rings. The standard InChI is InChI=1S/C13H19FN2O3/c14-11-3-1-4-12(9-11)16-13(18)10-15-5-2-7-19-8-6-17/h1,3-4,9,15,17H,2,5-8,10H2,(H,16,18). The zero-order valence-electron chi connectivity index (χ0n) is 10.7. The van der Waals surface area contributed by atoms with Crippen LogP contribution in [0.1, 0.15) is 6.42 Å². The molecule has 1 rings (SSSR count). The van der Waals surface area contributed by atoms with Gasteiger partial charge in [-0.15, -0.1) is 0 Å². The molecule has 1 amide bonds. The van der Waals surface area contributed by atoms with E-state index in [9.17, 15) is 9.18 Å². The van der Waals surface area contributed by atoms with Gasteiger partial charge in [-0.25, -0.2) is 4.39 Å². The van der Waals surface area contributed by atoms with Gasteiger partial charge in [0.15, 0.2) is 0 Å². The van der Waals surface area contributed by atoms with Crippen molar-refractivity contribution in [2.45, 2.75) is 6.42 Å². The Balaban J connectivity index is 2.08. The first kappa shape index (κ1) is 15.6. The zero-order chi connectivity index (χ0) is 13.9. The van der Waals surface area contributed by atoms with Gasteiger partial charge in [0.25, 0.3) is 0 Å². The minimum absolute atomic E-state index is 0.0173. The summed E-state index contributed by atoms with van der Waals surface area (Å²) in [6, 6.07) is 5.75. The summed E-state index contributed by atoms with van der Waals surface area (Å²) in [6.45, 7) is 1.70. The highest BCUT2D eigenvalue weighted by atomic mass is 19.1. The van der Waals surface area contributed by atoms with Gasteiger partial charge >= 0.3 is 0 Å². The van der Waals surface area contributed by atoms with E-state index in [1.165, 1.54) is 18.2 Å². The van der Waals surface area contributed by atoms with Gasteiger partial charge in [-0.05, 0) is 31.2 Å². The maximum atomic E-state index is 12.9. The highest BCUT2D eigenvalue weighted by molar-refractivity contribution is 5.92. The van der Waals surface area contributed by atoms with E-state index in [1.807, 2.05) is 0 Å². The highest BCUT2D eigenvalue weighted by Crippen LogP contribution is 2.08. The first-order valence-electron chi connectivity index (χ1n) is 6.17. The summed E-state index contributed by atoms with van der Waals surface area (Å²) in [7, 11) is 0. The largest absolute Gasteiger partial charge is 0.394 e. The van der Waals surface area contributed by atoms with Crippen molar-refractivity contribution in [1.82, 2.24) is 5.32 Å². The fraction of sp³-hybridized carbons (Fsp3) is 0.462. The van der Waals surface area contributed by atoms with E-state index >= 15 is 0 Å². The topological polar surface area (TPSA) is 70.6 Å². The van der Waals surface area contributed by atoms with E-state index in [0.717, 1.165) is 6.42 Å². The quantitative estimate of drug-likeness (QED) is 0.579. The smallest absolute Gasteiger partial charge is 0.238 e. The SMILES string of the molecule is O=C(CNCCCOCCO)Nc1cccc(F)c1. The Morgan fingerprint density at radius 3 is 2.95 bits per heavy atom. The van der Waals surface area contributed by atoms with Gasteiger partial charge in [-0.2, -0.15) is 0 Å². The highest BCUT2D eigenvalue weighted by Gasteiger charge is 2.02. The molecular formula is C13H19FN2O3. The third-order valence-electron chi connectivity index (χ3n) is 2.27. The van der Waals surface area contributed by atoms with Gasteiger partial charge in [0, 0.05) is 12.3 Å². The first-order chi connectivity index (χ1) is 9.22. The molecule has 106 valence electrons. The molecule has 1 aromatic carbocycles. The maximum absolute atomic E-state index is 12.9. The van der Waals surface area contributed by atoms with E-state index in [0.29, 0.717) is 25.4 Å². The number of amides is 1. The number of halogens is 1. The van der Waals surface area contributed by atoms with Gasteiger partial charge in [0.1, 0.15) is 5.82 Å². The minimum Gasteiger partial charge on any atom is -0.394 e. The predicted octanol–water partition coefficient (Wildman–Crippen LogP) is 0.753. The minimum atomic E-state index is -0.383. The number of aliphatic hydroxyl groups is 1. The Morgan fingerprint density at radius 2 is 2.21 bits per heavy atom. The van der Waals surface area contributed by atoms with Crippen LogP contribution in [0.3, 0.4) is 0 Å². The molecule has 0 fully saturated rings. The number of benzene rings is 1. The molecule has 0 atom stereocenters. The molecule has 0 unspecified atom stereocenters. The van der Waals surface area contributed by atoms with Gasteiger partial charge in [0.05, 0.1) is 19.8 Å². The van der Waals surface area contributed by atoms with Gasteiger partial charge in [-0.1, -0.05) is 6.07 Å². The van der Waals surface area contributed by atoms with Crippen LogP contribution in [-0.4, -0.2) is 43.9 Å². The van der Waals surface area contributed by atoms with Gasteiger partial charge in [-0.3, -0.25) is 4.79 Å². The summed E-state index contributed by atoms with van der Waals surface area (Å²) in [4.78, 5) is 11.5. The zero-order valence-corrected chi connectivity index (χ0v) is 10.7. The number of hydrogen-bond donors (Lipinski definition) is 3. The van der Waals surface area contributed by atoms with Crippen LogP contribution in [-0.2, 0) is 9.53 Å². The summed E-state index contributed by atoms with van der Waals surface area (Å²) < 4.78 is 17.9. The normalized spacial score (nSPS) is 10.4. The van der Waals surface area contributed by atoms with Crippen LogP contribution in [0.25, 0.3) is 0 Å². The summed E-state index contributed by atoms with van der Waals surface area (Å²) >= 11 is 0. The number of carbonyl (C=O) groups is 1. The van der Waals surface area contributed by atoms with Crippen molar-refractivity contribution in [2.24, 2.45) is 0 Å². The fourth-order valence-corrected chi connectivity index (χ4v) is 1.44. The Labute approximate surface area is 111 Å². The molecule has 1 aromatic rings. The second-order valence-corrected chi connectivity index (χ2v) is 3.92. The average molecular weight is 270 g/mol. The summed E-state index contributed by atoms with van der Waals surface area (Å²) in [5.41, 5.74) is 0.443. The molecule has 0 bridgehead atoms. The molecule has 0 heterocycles. The summed E-state index contributed by atoms with van der Waals surface area (Å²) in [5.74, 6) is -0.603. The fourth-order valence-electron chi connectivity index (χ4n) is 1.44. The number of nitrogens with one attached hydrogen (secondary N) is 2. The van der Waals surface area contributed by atoms with Gasteiger partial charge in [0.2, 0.25) is 5.91 Å². The molecule has 0 aliphatic heterocycles. The second-order valence-electron chi connectivity index (χ2n) is 3.92. The van der Waals surface area contributed by atoms with Gasteiger partial charge < -0.3 is 20.5 Å². The molecule has 0 saturated carbocycles. The Bertz CT molecular complexity index is 388. The number of carbonyl (C=O) groups excluding carboxylic acids is 1. The van der Waals surface area contributed by atoms with Crippen LogP contribution in [0.5, 0.6) is 0 Å². The molecule has 0 saturated heterocycles. The molecule has 0 spiro atoms. The van der Waals surface area contributed by atoms with Crippen molar-refractivity contribution in [3.05, 3.63) is 30.1 Å². The van der Waals surface area contributed by atoms with Crippen LogP contribution in [0.4, 0.5) is 10.1 Å². The van der Waals surface area contributed by atoms with Crippen LogP contribution >= 0.6 is 0 Å². The van der Waals surface area contributed by atoms with E-state index in [1.54, 1.807) is 6.07 Å². The molecule has 6 heteroatoms. The molecule has 5 nitrogen and oxygen atoms in total. The van der Waals surface area contributed by atoms with Crippen LogP contribution < -0.4 is 10.6 Å². The van der Waals surface area contributed by atoms with Crippen molar-refractivity contribution in [3.8, 4) is 0 Å². The number of hydrogen-bond acceptors (Lipinski definition) is 4. The molecular weight excluding hydrogens is 251 g/mol. The lowest BCUT2D eigenvalue weighted by atomic mass is 10.3. The van der Waals surface area contributed by atoms with Crippen molar-refractivity contribution < 1.29 is 19.0 Å². The van der Waals surface area contributed by atoms with Crippen molar-refractivity contribution in [2.75, 3.05) is 38.2 Å². The number of rotatable bonds is 9. The second kappa shape index (κ2) is 9.43. The van der Waals surface area contributed by atoms with Crippen LogP contribution in [0, 0.1) is 5.82 Å². The lowest BCUT2D eigenvalue weighted by Crippen LogP contribution is -2.29. The molecule has 19 heavy (non-hydrogen) atoms. The third-order valence-corrected chi connectivity index (χ3v) is 2.27. The predicted molar refractivity (Wildman–Crippen MR) is 70.4 cm³/mol. The van der Waals surface area contributed by atoms with E-state index in [4.69, 9.17) is 9.84 Å². The van der Waals surface area contributed by atoms with Crippen LogP contribution in [0.15, 0.2) is 24.3 Å². The first-order valence-corrected chi connectivity index (χ1v) is 6.17. The monoisotopic (exact) mass is 270 g/mol. The van der Waals surface area contributed by atoms with E-state index < -0.39 is 0 Å². The molecule has 3 N–H and O–H groups in total. The summed E-state index contributed by atoms with van der Waals surface area (Å²) in [5, 5.41) is 14.0. The maximum Gasteiger partial charge on any atom is 0.238 e. The lowest BCUT2D eigenvalue weighted by Gasteiger charge is -2.07. The third kappa shape index (κ3) is 7.50. The van der Waals surface area contributed by atoms with Crippen molar-refractivity contribution in [3.63, 3.8) is 0 Å². The Hall–Kier alpha value is -1.50. The van der Waals surface area contributed by atoms with Crippen molar-refractivity contribution >= 4 is 11.6 Å². The molecule has 0 aliphatic carbocycles. The molecule has 0 radical (unpaired) electrons. The van der Waals surface area contributed by atoms with Crippen molar-refractivity contribution in [1.29, 1.82) is 0 Å². The van der Waals surface area contributed by atoms with E-state index in [2.05, 4.69) is 10.6 Å². The van der Waals surface area contributed by atoms with E-state index in [-0.39, 0.29) is 24.9 Å². The lowest BCUT2D eigenvalue weighted by molar-refractivity contribution is -0.115. The number of anilines is 1. The average Bonchev–Trinajstić information content (AvgIpc) is 2.37. The number of aliphatic hydroxyl groups excluding tert-OH is 1.